The maximum Gasteiger partial charge on any atom is 0.261 e. The lowest BCUT2D eigenvalue weighted by Crippen LogP contribution is -2.34. The maximum absolute atomic E-state index is 12.2. The molecule has 1 rings (SSSR count). The third-order valence-electron chi connectivity index (χ3n) is 3.28. The van der Waals surface area contributed by atoms with Crippen LogP contribution in [0.25, 0.3) is 0 Å². The van der Waals surface area contributed by atoms with Crippen LogP contribution < -0.4 is 10.5 Å². The number of nitrogens with one attached hydrogen (secondary N) is 1. The Morgan fingerprint density at radius 2 is 2.00 bits per heavy atom. The van der Waals surface area contributed by atoms with E-state index in [0.29, 0.717) is 9.75 Å². The summed E-state index contributed by atoms with van der Waals surface area (Å²) in [4.78, 5) is 13.2. The first kappa shape index (κ1) is 18.1. The second kappa shape index (κ2) is 7.91. The van der Waals surface area contributed by atoms with E-state index in [1.807, 2.05) is 0 Å². The highest BCUT2D eigenvalue weighted by Crippen LogP contribution is 2.25. The molecule has 0 fully saturated rings. The van der Waals surface area contributed by atoms with Crippen molar-refractivity contribution in [3.63, 3.8) is 0 Å². The number of rotatable bonds is 8. The first-order valence-electron chi connectivity index (χ1n) is 7.23. The van der Waals surface area contributed by atoms with Crippen LogP contribution in [0.2, 0.25) is 0 Å². The minimum absolute atomic E-state index is 0.0400. The number of carbonyl (C=O) groups excluding carboxylic acids is 1. The third kappa shape index (κ3) is 5.41. The van der Waals surface area contributed by atoms with Gasteiger partial charge in [-0.1, -0.05) is 33.1 Å². The first-order chi connectivity index (χ1) is 9.79. The first-order valence-corrected chi connectivity index (χ1v) is 9.60. The van der Waals surface area contributed by atoms with E-state index in [-0.39, 0.29) is 16.8 Å². The number of aryl methyl sites for hydroxylation is 1. The fourth-order valence-corrected chi connectivity index (χ4v) is 4.25. The summed E-state index contributed by atoms with van der Waals surface area (Å²) in [6, 6.07) is 1.51. The number of hydrogen-bond acceptors (Lipinski definition) is 4. The van der Waals surface area contributed by atoms with Crippen molar-refractivity contribution < 1.29 is 13.2 Å². The number of hydrogen-bond donors (Lipinski definition) is 2. The van der Waals surface area contributed by atoms with Crippen molar-refractivity contribution in [2.24, 2.45) is 5.14 Å². The van der Waals surface area contributed by atoms with Crippen LogP contribution in [0.3, 0.4) is 0 Å². The van der Waals surface area contributed by atoms with Crippen LogP contribution in [0, 0.1) is 6.92 Å². The summed E-state index contributed by atoms with van der Waals surface area (Å²) in [7, 11) is -3.77. The minimum atomic E-state index is -3.77. The summed E-state index contributed by atoms with van der Waals surface area (Å²) in [6.07, 6.45) is 5.03. The average Bonchev–Trinajstić information content (AvgIpc) is 2.78. The fourth-order valence-electron chi connectivity index (χ4n) is 2.20. The molecule has 0 radical (unpaired) electrons. The number of thiophene rings is 1. The molecule has 0 aliphatic carbocycles. The Morgan fingerprint density at radius 3 is 2.48 bits per heavy atom. The molecule has 5 nitrogen and oxygen atoms in total. The number of carbonyl (C=O) groups is 1. The Labute approximate surface area is 131 Å². The molecule has 1 unspecified atom stereocenters. The number of nitrogens with two attached hydrogens (primary N) is 1. The van der Waals surface area contributed by atoms with Gasteiger partial charge >= 0.3 is 0 Å². The van der Waals surface area contributed by atoms with Gasteiger partial charge in [-0.2, -0.15) is 0 Å². The molecular formula is C14H24N2O3S2. The predicted octanol–water partition coefficient (Wildman–Crippen LogP) is 2.79. The quantitative estimate of drug-likeness (QED) is 0.767. The number of unbranched alkanes of at least 4 members (excludes halogenated alkanes) is 1. The van der Waals surface area contributed by atoms with Gasteiger partial charge in [-0.05, 0) is 25.8 Å². The molecule has 0 saturated heterocycles. The van der Waals surface area contributed by atoms with E-state index in [1.165, 1.54) is 6.07 Å². The van der Waals surface area contributed by atoms with Crippen molar-refractivity contribution in [1.82, 2.24) is 5.32 Å². The molecule has 21 heavy (non-hydrogen) atoms. The van der Waals surface area contributed by atoms with E-state index in [1.54, 1.807) is 6.92 Å². The monoisotopic (exact) mass is 332 g/mol. The standard InChI is InChI=1S/C14H24N2O3S2/c1-4-6-8-11(7-5-2)16-14(17)12-9-13(10(3)20-12)21(15,18)19/h9,11H,4-8H2,1-3H3,(H,16,17)(H2,15,18,19). The molecule has 1 aromatic heterocycles. The third-order valence-corrected chi connectivity index (χ3v) is 5.50. The normalized spacial score (nSPS) is 13.1. The molecule has 0 spiro atoms. The van der Waals surface area contributed by atoms with Gasteiger partial charge in [0.1, 0.15) is 0 Å². The van der Waals surface area contributed by atoms with Gasteiger partial charge in [0.25, 0.3) is 5.91 Å². The molecular weight excluding hydrogens is 308 g/mol. The second-order valence-electron chi connectivity index (χ2n) is 5.18. The van der Waals surface area contributed by atoms with Crippen molar-refractivity contribution in [3.05, 3.63) is 15.8 Å². The Hall–Kier alpha value is -0.920. The number of sulfonamides is 1. The van der Waals surface area contributed by atoms with Gasteiger partial charge in [-0.15, -0.1) is 11.3 Å². The molecule has 0 aromatic carbocycles. The van der Waals surface area contributed by atoms with Crippen molar-refractivity contribution in [2.75, 3.05) is 0 Å². The molecule has 1 amide bonds. The smallest absolute Gasteiger partial charge is 0.261 e. The Bertz CT molecular complexity index is 579. The van der Waals surface area contributed by atoms with Gasteiger partial charge in [0, 0.05) is 10.9 Å². The molecule has 1 aromatic rings. The summed E-state index contributed by atoms with van der Waals surface area (Å²) in [5.74, 6) is -0.215. The summed E-state index contributed by atoms with van der Waals surface area (Å²) in [6.45, 7) is 5.85. The van der Waals surface area contributed by atoms with Gasteiger partial charge in [0.15, 0.2) is 0 Å². The lowest BCUT2D eigenvalue weighted by atomic mass is 10.1. The van der Waals surface area contributed by atoms with E-state index in [9.17, 15) is 13.2 Å². The topological polar surface area (TPSA) is 89.3 Å². The number of primary sulfonamides is 1. The van der Waals surface area contributed by atoms with Gasteiger partial charge in [-0.25, -0.2) is 13.6 Å². The zero-order valence-electron chi connectivity index (χ0n) is 12.8. The van der Waals surface area contributed by atoms with Gasteiger partial charge in [0.2, 0.25) is 10.0 Å². The van der Waals surface area contributed by atoms with Crippen molar-refractivity contribution in [3.8, 4) is 0 Å². The largest absolute Gasteiger partial charge is 0.349 e. The summed E-state index contributed by atoms with van der Waals surface area (Å²) in [5.41, 5.74) is 0. The summed E-state index contributed by atoms with van der Waals surface area (Å²) < 4.78 is 22.8. The minimum Gasteiger partial charge on any atom is -0.349 e. The average molecular weight is 332 g/mol. The van der Waals surface area contributed by atoms with Crippen molar-refractivity contribution in [2.45, 2.75) is 63.8 Å². The van der Waals surface area contributed by atoms with Crippen LogP contribution in [0.4, 0.5) is 0 Å². The lowest BCUT2D eigenvalue weighted by Gasteiger charge is -2.17. The zero-order chi connectivity index (χ0) is 16.0. The molecule has 0 aliphatic rings. The molecule has 1 atom stereocenters. The summed E-state index contributed by atoms with van der Waals surface area (Å²) in [5, 5.41) is 8.13. The zero-order valence-corrected chi connectivity index (χ0v) is 14.4. The highest BCUT2D eigenvalue weighted by molar-refractivity contribution is 7.89. The predicted molar refractivity (Wildman–Crippen MR) is 86.1 cm³/mol. The van der Waals surface area contributed by atoms with Crippen LogP contribution >= 0.6 is 11.3 Å². The van der Waals surface area contributed by atoms with E-state index in [0.717, 1.165) is 43.4 Å². The van der Waals surface area contributed by atoms with Crippen LogP contribution in [0.15, 0.2) is 11.0 Å². The SMILES string of the molecule is CCCCC(CCC)NC(=O)c1cc(S(N)(=O)=O)c(C)s1. The van der Waals surface area contributed by atoms with Crippen LogP contribution in [-0.2, 0) is 10.0 Å². The van der Waals surface area contributed by atoms with Gasteiger partial charge in [0.05, 0.1) is 9.77 Å². The molecule has 0 saturated carbocycles. The second-order valence-corrected chi connectivity index (χ2v) is 7.96. The highest BCUT2D eigenvalue weighted by Gasteiger charge is 2.20. The molecule has 0 aliphatic heterocycles. The molecule has 1 heterocycles. The molecule has 120 valence electrons. The molecule has 7 heteroatoms. The lowest BCUT2D eigenvalue weighted by molar-refractivity contribution is 0.0936. The van der Waals surface area contributed by atoms with Crippen molar-refractivity contribution in [1.29, 1.82) is 0 Å². The van der Waals surface area contributed by atoms with Crippen molar-refractivity contribution >= 4 is 27.3 Å². The van der Waals surface area contributed by atoms with E-state index in [2.05, 4.69) is 19.2 Å². The molecule has 0 bridgehead atoms. The van der Waals surface area contributed by atoms with E-state index >= 15 is 0 Å². The van der Waals surface area contributed by atoms with Crippen LogP contribution in [0.5, 0.6) is 0 Å². The van der Waals surface area contributed by atoms with Gasteiger partial charge < -0.3 is 5.32 Å². The van der Waals surface area contributed by atoms with Gasteiger partial charge in [-0.3, -0.25) is 4.79 Å². The maximum atomic E-state index is 12.2. The molecule has 3 N–H and O–H groups in total. The Kier molecular flexibility index (Phi) is 6.83. The van der Waals surface area contributed by atoms with Crippen LogP contribution in [-0.4, -0.2) is 20.4 Å². The Balaban J connectivity index is 2.83. The van der Waals surface area contributed by atoms with E-state index < -0.39 is 10.0 Å². The highest BCUT2D eigenvalue weighted by atomic mass is 32.2. The van der Waals surface area contributed by atoms with E-state index in [4.69, 9.17) is 5.14 Å². The Morgan fingerprint density at radius 1 is 1.33 bits per heavy atom. The number of amides is 1. The van der Waals surface area contributed by atoms with Crippen LogP contribution in [0.1, 0.15) is 60.5 Å². The summed E-state index contributed by atoms with van der Waals surface area (Å²) >= 11 is 1.16. The fraction of sp³-hybridized carbons (Fsp3) is 0.643.